The Hall–Kier alpha value is -3.54. The van der Waals surface area contributed by atoms with E-state index in [2.05, 4.69) is 160 Å². The first-order valence-electron chi connectivity index (χ1n) is 20.7. The monoisotopic (exact) mass is 820 g/mol. The quantitative estimate of drug-likeness (QED) is 0.165. The fraction of sp³-hybridized carbons (Fsp3) is 0.478. The summed E-state index contributed by atoms with van der Waals surface area (Å²) in [5.41, 5.74) is 7.59. The summed E-state index contributed by atoms with van der Waals surface area (Å²) in [7, 11) is -0.313. The van der Waals surface area contributed by atoms with E-state index in [1.165, 1.54) is 35.6 Å². The molecule has 2 atom stereocenters. The molecule has 3 aliphatic heterocycles. The van der Waals surface area contributed by atoms with Crippen molar-refractivity contribution in [2.75, 3.05) is 72.0 Å². The lowest BCUT2D eigenvalue weighted by Gasteiger charge is -2.37. The number of hydrogen-bond acceptors (Lipinski definition) is 8. The third kappa shape index (κ3) is 8.95. The SMILES string of the molecule is CC1(C)OB(c2ccc(N3CCN(c4ccc(C(O)C5CC5)cc4)CC3)cc2)OC1(C)C.OC(c1ccc(N2CCN(c3ccc(Br)cc3)CC2)cc1)C1CC1. The highest BCUT2D eigenvalue weighted by atomic mass is 79.9. The van der Waals surface area contributed by atoms with Gasteiger partial charge in [-0.1, -0.05) is 52.3 Å². The van der Waals surface area contributed by atoms with Gasteiger partial charge in [-0.3, -0.25) is 0 Å². The molecular weight excluding hydrogens is 763 g/mol. The average Bonchev–Trinajstić information content (AvgIpc) is 4.16. The highest BCUT2D eigenvalue weighted by Crippen LogP contribution is 2.42. The van der Waals surface area contributed by atoms with Gasteiger partial charge in [-0.2, -0.15) is 0 Å². The topological polar surface area (TPSA) is 71.9 Å². The van der Waals surface area contributed by atoms with Crippen molar-refractivity contribution in [3.05, 3.63) is 113 Å². The summed E-state index contributed by atoms with van der Waals surface area (Å²) < 4.78 is 13.5. The first-order chi connectivity index (χ1) is 26.9. The van der Waals surface area contributed by atoms with Crippen molar-refractivity contribution in [2.24, 2.45) is 11.8 Å². The highest BCUT2D eigenvalue weighted by Gasteiger charge is 2.51. The van der Waals surface area contributed by atoms with Crippen LogP contribution in [0.1, 0.15) is 76.7 Å². The summed E-state index contributed by atoms with van der Waals surface area (Å²) in [5, 5.41) is 20.5. The normalized spacial score (nSPS) is 21.7. The Labute approximate surface area is 342 Å². The van der Waals surface area contributed by atoms with Crippen molar-refractivity contribution in [3.63, 3.8) is 0 Å². The van der Waals surface area contributed by atoms with Crippen molar-refractivity contribution in [1.29, 1.82) is 0 Å². The molecular formula is C46H58BBrN4O4. The molecule has 296 valence electrons. The number of aliphatic hydroxyl groups is 2. The van der Waals surface area contributed by atoms with E-state index in [4.69, 9.17) is 9.31 Å². The van der Waals surface area contributed by atoms with Gasteiger partial charge in [0, 0.05) is 79.6 Å². The molecule has 2 saturated carbocycles. The molecule has 56 heavy (non-hydrogen) atoms. The van der Waals surface area contributed by atoms with Crippen molar-refractivity contribution in [3.8, 4) is 0 Å². The molecule has 2 unspecified atom stereocenters. The van der Waals surface area contributed by atoms with Crippen LogP contribution in [0.2, 0.25) is 0 Å². The van der Waals surface area contributed by atoms with E-state index in [1.807, 2.05) is 0 Å². The summed E-state index contributed by atoms with van der Waals surface area (Å²) >= 11 is 3.49. The van der Waals surface area contributed by atoms with E-state index in [9.17, 15) is 10.2 Å². The Morgan fingerprint density at radius 1 is 0.500 bits per heavy atom. The zero-order chi connectivity index (χ0) is 39.0. The van der Waals surface area contributed by atoms with E-state index in [0.717, 1.165) is 86.3 Å². The van der Waals surface area contributed by atoms with Crippen molar-refractivity contribution < 1.29 is 19.5 Å². The van der Waals surface area contributed by atoms with Crippen LogP contribution >= 0.6 is 15.9 Å². The van der Waals surface area contributed by atoms with Crippen LogP contribution in [0, 0.1) is 11.8 Å². The standard InChI is InChI=1S/C26H35BN2O3.C20H23BrN2O/c1-25(2)26(3,4)32-27(31-25)21-9-13-23(14-10-21)29-17-15-28(16-18-29)22-11-7-20(8-12-22)24(30)19-5-6-19;21-17-5-9-19(10-6-17)23-13-11-22(12-14-23)18-7-3-16(4-8-18)20(24)15-1-2-15/h7-14,19,24,30H,5-6,15-18H2,1-4H3;3-10,15,20,24H,1-2,11-14H2. The van der Waals surface area contributed by atoms with Gasteiger partial charge in [-0.05, 0) is 142 Å². The molecule has 0 bridgehead atoms. The molecule has 3 heterocycles. The highest BCUT2D eigenvalue weighted by molar-refractivity contribution is 9.10. The fourth-order valence-corrected chi connectivity index (χ4v) is 8.32. The smallest absolute Gasteiger partial charge is 0.399 e. The molecule has 5 fully saturated rings. The molecule has 2 aliphatic carbocycles. The number of anilines is 4. The molecule has 5 aliphatic rings. The van der Waals surface area contributed by atoms with Gasteiger partial charge in [0.1, 0.15) is 0 Å². The van der Waals surface area contributed by atoms with E-state index in [0.29, 0.717) is 11.8 Å². The first kappa shape index (κ1) is 39.3. The van der Waals surface area contributed by atoms with Crippen LogP contribution in [-0.2, 0) is 9.31 Å². The van der Waals surface area contributed by atoms with Gasteiger partial charge in [0.15, 0.2) is 0 Å². The fourth-order valence-electron chi connectivity index (χ4n) is 8.05. The van der Waals surface area contributed by atoms with Crippen molar-refractivity contribution in [2.45, 2.75) is 76.8 Å². The summed E-state index contributed by atoms with van der Waals surface area (Å²) in [6, 6.07) is 34.2. The van der Waals surface area contributed by atoms with Gasteiger partial charge in [0.25, 0.3) is 0 Å². The van der Waals surface area contributed by atoms with Gasteiger partial charge in [-0.25, -0.2) is 0 Å². The van der Waals surface area contributed by atoms with Crippen LogP contribution in [0.5, 0.6) is 0 Å². The number of nitrogens with zero attached hydrogens (tertiary/aromatic N) is 4. The number of benzene rings is 4. The third-order valence-electron chi connectivity index (χ3n) is 12.9. The predicted molar refractivity (Wildman–Crippen MR) is 233 cm³/mol. The molecule has 9 rings (SSSR count). The Balaban J connectivity index is 0.000000164. The maximum atomic E-state index is 10.3. The van der Waals surface area contributed by atoms with Crippen LogP contribution in [0.15, 0.2) is 102 Å². The molecule has 8 nitrogen and oxygen atoms in total. The Morgan fingerprint density at radius 3 is 1.09 bits per heavy atom. The lowest BCUT2D eigenvalue weighted by molar-refractivity contribution is 0.00578. The maximum Gasteiger partial charge on any atom is 0.494 e. The Bertz CT molecular complexity index is 1870. The zero-order valence-electron chi connectivity index (χ0n) is 33.5. The molecule has 3 saturated heterocycles. The van der Waals surface area contributed by atoms with Crippen LogP contribution in [-0.4, -0.2) is 80.9 Å². The molecule has 2 N–H and O–H groups in total. The zero-order valence-corrected chi connectivity index (χ0v) is 35.1. The minimum absolute atomic E-state index is 0.270. The van der Waals surface area contributed by atoms with Gasteiger partial charge in [-0.15, -0.1) is 0 Å². The van der Waals surface area contributed by atoms with E-state index in [-0.39, 0.29) is 30.5 Å². The van der Waals surface area contributed by atoms with Gasteiger partial charge in [0.2, 0.25) is 0 Å². The van der Waals surface area contributed by atoms with Crippen LogP contribution in [0.4, 0.5) is 22.7 Å². The average molecular weight is 822 g/mol. The Kier molecular flexibility index (Phi) is 11.5. The van der Waals surface area contributed by atoms with Gasteiger partial charge in [0.05, 0.1) is 23.4 Å². The van der Waals surface area contributed by atoms with E-state index >= 15 is 0 Å². The number of aliphatic hydroxyl groups excluding tert-OH is 2. The van der Waals surface area contributed by atoms with Gasteiger partial charge < -0.3 is 39.1 Å². The molecule has 0 amide bonds. The number of hydrogen-bond donors (Lipinski definition) is 2. The largest absolute Gasteiger partial charge is 0.494 e. The molecule has 4 aromatic carbocycles. The van der Waals surface area contributed by atoms with Crippen LogP contribution < -0.4 is 25.1 Å². The molecule has 10 heteroatoms. The number of piperazine rings is 2. The third-order valence-corrected chi connectivity index (χ3v) is 13.4. The second kappa shape index (κ2) is 16.4. The molecule has 4 aromatic rings. The summed E-state index contributed by atoms with van der Waals surface area (Å²) in [6.07, 6.45) is 4.08. The van der Waals surface area contributed by atoms with E-state index < -0.39 is 0 Å². The van der Waals surface area contributed by atoms with Gasteiger partial charge >= 0.3 is 7.12 Å². The lowest BCUT2D eigenvalue weighted by atomic mass is 9.79. The minimum Gasteiger partial charge on any atom is -0.399 e. The molecule has 0 spiro atoms. The molecule has 0 aromatic heterocycles. The lowest BCUT2D eigenvalue weighted by Crippen LogP contribution is -2.46. The second-order valence-electron chi connectivity index (χ2n) is 17.4. The van der Waals surface area contributed by atoms with Crippen LogP contribution in [0.3, 0.4) is 0 Å². The van der Waals surface area contributed by atoms with Crippen LogP contribution in [0.25, 0.3) is 0 Å². The number of halogens is 1. The molecule has 0 radical (unpaired) electrons. The Morgan fingerprint density at radius 2 is 0.786 bits per heavy atom. The minimum atomic E-state index is -0.319. The summed E-state index contributed by atoms with van der Waals surface area (Å²) in [6.45, 7) is 16.4. The van der Waals surface area contributed by atoms with Crippen molar-refractivity contribution >= 4 is 51.3 Å². The van der Waals surface area contributed by atoms with Crippen molar-refractivity contribution in [1.82, 2.24) is 0 Å². The maximum absolute atomic E-state index is 10.3. The number of rotatable bonds is 9. The second-order valence-corrected chi connectivity index (χ2v) is 18.3. The summed E-state index contributed by atoms with van der Waals surface area (Å²) in [5.74, 6) is 0.964. The van der Waals surface area contributed by atoms with E-state index in [1.54, 1.807) is 0 Å². The summed E-state index contributed by atoms with van der Waals surface area (Å²) in [4.78, 5) is 9.75. The first-order valence-corrected chi connectivity index (χ1v) is 21.5. The predicted octanol–water partition coefficient (Wildman–Crippen LogP) is 7.97.